The van der Waals surface area contributed by atoms with Crippen LogP contribution in [0.15, 0.2) is 24.3 Å². The summed E-state index contributed by atoms with van der Waals surface area (Å²) in [6, 6.07) is 7.69. The van der Waals surface area contributed by atoms with Gasteiger partial charge in [0.2, 0.25) is 11.8 Å². The van der Waals surface area contributed by atoms with Crippen molar-refractivity contribution in [2.75, 3.05) is 51.1 Å². The van der Waals surface area contributed by atoms with Crippen molar-refractivity contribution in [3.05, 3.63) is 29.8 Å². The quantitative estimate of drug-likeness (QED) is 0.825. The molecule has 160 valence electrons. The SMILES string of the molecule is Cc1cccc(NC(=O)C(C)N2CCN(CC(=O)N3CC(C)CC(C)C3)CC2)c1. The summed E-state index contributed by atoms with van der Waals surface area (Å²) in [7, 11) is 0. The molecule has 3 rings (SSSR count). The second-order valence-corrected chi connectivity index (χ2v) is 9.09. The molecule has 6 nitrogen and oxygen atoms in total. The third kappa shape index (κ3) is 6.03. The monoisotopic (exact) mass is 400 g/mol. The second kappa shape index (κ2) is 9.72. The Morgan fingerprint density at radius 3 is 2.38 bits per heavy atom. The van der Waals surface area contributed by atoms with Crippen LogP contribution in [0.5, 0.6) is 0 Å². The van der Waals surface area contributed by atoms with Gasteiger partial charge in [0.25, 0.3) is 0 Å². The third-order valence-electron chi connectivity index (χ3n) is 6.20. The molecule has 2 aliphatic heterocycles. The molecule has 0 bridgehead atoms. The predicted molar refractivity (Wildman–Crippen MR) is 117 cm³/mol. The first-order chi connectivity index (χ1) is 13.8. The van der Waals surface area contributed by atoms with E-state index < -0.39 is 0 Å². The van der Waals surface area contributed by atoms with E-state index in [1.807, 2.05) is 43.0 Å². The Balaban J connectivity index is 1.44. The summed E-state index contributed by atoms with van der Waals surface area (Å²) in [4.78, 5) is 31.8. The molecule has 2 fully saturated rings. The van der Waals surface area contributed by atoms with Crippen LogP contribution in [0.1, 0.15) is 32.8 Å². The number of likely N-dealkylation sites (tertiary alicyclic amines) is 1. The number of aryl methyl sites for hydroxylation is 1. The van der Waals surface area contributed by atoms with Crippen molar-refractivity contribution < 1.29 is 9.59 Å². The van der Waals surface area contributed by atoms with Crippen LogP contribution in [0.25, 0.3) is 0 Å². The van der Waals surface area contributed by atoms with E-state index in [-0.39, 0.29) is 17.9 Å². The molecule has 2 heterocycles. The number of benzene rings is 1. The Labute approximate surface area is 175 Å². The molecule has 0 aliphatic carbocycles. The van der Waals surface area contributed by atoms with Gasteiger partial charge in [-0.2, -0.15) is 0 Å². The number of nitrogens with zero attached hydrogens (tertiary/aromatic N) is 3. The Morgan fingerprint density at radius 2 is 1.76 bits per heavy atom. The average molecular weight is 401 g/mol. The minimum Gasteiger partial charge on any atom is -0.341 e. The van der Waals surface area contributed by atoms with Gasteiger partial charge in [-0.3, -0.25) is 19.4 Å². The lowest BCUT2D eigenvalue weighted by Gasteiger charge is -2.39. The first-order valence-corrected chi connectivity index (χ1v) is 10.9. The predicted octanol–water partition coefficient (Wildman–Crippen LogP) is 2.44. The van der Waals surface area contributed by atoms with Crippen LogP contribution < -0.4 is 5.32 Å². The van der Waals surface area contributed by atoms with E-state index in [9.17, 15) is 9.59 Å². The lowest BCUT2D eigenvalue weighted by Crippen LogP contribution is -2.55. The van der Waals surface area contributed by atoms with E-state index in [0.717, 1.165) is 50.5 Å². The van der Waals surface area contributed by atoms with Gasteiger partial charge < -0.3 is 10.2 Å². The van der Waals surface area contributed by atoms with E-state index in [1.54, 1.807) is 0 Å². The first-order valence-electron chi connectivity index (χ1n) is 10.9. The number of hydrogen-bond donors (Lipinski definition) is 1. The van der Waals surface area contributed by atoms with Crippen LogP contribution >= 0.6 is 0 Å². The van der Waals surface area contributed by atoms with Crippen molar-refractivity contribution in [3.63, 3.8) is 0 Å². The van der Waals surface area contributed by atoms with Crippen molar-refractivity contribution in [2.45, 2.75) is 40.2 Å². The van der Waals surface area contributed by atoms with E-state index in [2.05, 4.69) is 29.0 Å². The Kier molecular flexibility index (Phi) is 7.30. The minimum absolute atomic E-state index is 0.0245. The number of carbonyl (C=O) groups excluding carboxylic acids is 2. The fraction of sp³-hybridized carbons (Fsp3) is 0.652. The molecule has 0 aromatic heterocycles. The van der Waals surface area contributed by atoms with E-state index >= 15 is 0 Å². The first kappa shape index (κ1) is 21.8. The summed E-state index contributed by atoms with van der Waals surface area (Å²) in [5, 5.41) is 3.02. The number of rotatable bonds is 5. The van der Waals surface area contributed by atoms with Crippen molar-refractivity contribution >= 4 is 17.5 Å². The van der Waals surface area contributed by atoms with Gasteiger partial charge in [-0.05, 0) is 49.8 Å². The number of anilines is 1. The van der Waals surface area contributed by atoms with Gasteiger partial charge in [0.15, 0.2) is 0 Å². The lowest BCUT2D eigenvalue weighted by atomic mass is 9.92. The highest BCUT2D eigenvalue weighted by atomic mass is 16.2. The number of carbonyl (C=O) groups is 2. The summed E-state index contributed by atoms with van der Waals surface area (Å²) in [5.74, 6) is 1.46. The molecule has 0 radical (unpaired) electrons. The molecule has 2 aliphatic rings. The lowest BCUT2D eigenvalue weighted by molar-refractivity contribution is -0.136. The Hall–Kier alpha value is -1.92. The van der Waals surface area contributed by atoms with Crippen LogP contribution in [0, 0.1) is 18.8 Å². The van der Waals surface area contributed by atoms with Gasteiger partial charge in [0, 0.05) is 45.0 Å². The number of amides is 2. The summed E-state index contributed by atoms with van der Waals surface area (Å²) in [5.41, 5.74) is 1.97. The number of piperidine rings is 1. The highest BCUT2D eigenvalue weighted by Crippen LogP contribution is 2.21. The van der Waals surface area contributed by atoms with Crippen LogP contribution in [0.3, 0.4) is 0 Å². The molecule has 6 heteroatoms. The molecule has 29 heavy (non-hydrogen) atoms. The fourth-order valence-corrected chi connectivity index (χ4v) is 4.60. The van der Waals surface area contributed by atoms with Gasteiger partial charge in [0.1, 0.15) is 0 Å². The number of hydrogen-bond acceptors (Lipinski definition) is 4. The molecule has 0 saturated carbocycles. The summed E-state index contributed by atoms with van der Waals surface area (Å²) in [6.45, 7) is 14.0. The molecule has 2 saturated heterocycles. The smallest absolute Gasteiger partial charge is 0.241 e. The van der Waals surface area contributed by atoms with Gasteiger partial charge in [-0.1, -0.05) is 26.0 Å². The van der Waals surface area contributed by atoms with E-state index in [0.29, 0.717) is 18.4 Å². The highest BCUT2D eigenvalue weighted by Gasteiger charge is 2.29. The molecule has 3 atom stereocenters. The molecular formula is C23H36N4O2. The molecule has 0 spiro atoms. The molecule has 1 aromatic rings. The Bertz CT molecular complexity index is 705. The van der Waals surface area contributed by atoms with Crippen molar-refractivity contribution in [2.24, 2.45) is 11.8 Å². The van der Waals surface area contributed by atoms with Gasteiger partial charge in [-0.15, -0.1) is 0 Å². The topological polar surface area (TPSA) is 55.9 Å². The average Bonchev–Trinajstić information content (AvgIpc) is 2.67. The van der Waals surface area contributed by atoms with Gasteiger partial charge in [-0.25, -0.2) is 0 Å². The number of piperazine rings is 1. The molecule has 2 amide bonds. The summed E-state index contributed by atoms with van der Waals surface area (Å²) >= 11 is 0. The highest BCUT2D eigenvalue weighted by molar-refractivity contribution is 5.94. The van der Waals surface area contributed by atoms with Crippen LogP contribution in [-0.4, -0.2) is 78.4 Å². The van der Waals surface area contributed by atoms with Gasteiger partial charge >= 0.3 is 0 Å². The van der Waals surface area contributed by atoms with E-state index in [1.165, 1.54) is 6.42 Å². The van der Waals surface area contributed by atoms with Crippen LogP contribution in [-0.2, 0) is 9.59 Å². The maximum absolute atomic E-state index is 12.7. The largest absolute Gasteiger partial charge is 0.341 e. The minimum atomic E-state index is -0.183. The summed E-state index contributed by atoms with van der Waals surface area (Å²) in [6.07, 6.45) is 1.21. The molecule has 3 unspecified atom stereocenters. The standard InChI is InChI=1S/C23H36N4O2/c1-17-6-5-7-21(13-17)24-23(29)20(4)26-10-8-25(9-11-26)16-22(28)27-14-18(2)12-19(3)15-27/h5-7,13,18-20H,8-12,14-16H2,1-4H3,(H,24,29). The van der Waals surface area contributed by atoms with E-state index in [4.69, 9.17) is 0 Å². The maximum atomic E-state index is 12.7. The van der Waals surface area contributed by atoms with Gasteiger partial charge in [0.05, 0.1) is 12.6 Å². The molecule has 1 N–H and O–H groups in total. The van der Waals surface area contributed by atoms with Crippen LogP contribution in [0.2, 0.25) is 0 Å². The molecular weight excluding hydrogens is 364 g/mol. The second-order valence-electron chi connectivity index (χ2n) is 9.09. The molecule has 1 aromatic carbocycles. The third-order valence-corrected chi connectivity index (χ3v) is 6.20. The Morgan fingerprint density at radius 1 is 1.10 bits per heavy atom. The zero-order chi connectivity index (χ0) is 21.0. The normalized spacial score (nSPS) is 24.9. The van der Waals surface area contributed by atoms with Crippen LogP contribution in [0.4, 0.5) is 5.69 Å². The zero-order valence-corrected chi connectivity index (χ0v) is 18.4. The fourth-order valence-electron chi connectivity index (χ4n) is 4.60. The van der Waals surface area contributed by atoms with Crippen molar-refractivity contribution in [1.82, 2.24) is 14.7 Å². The maximum Gasteiger partial charge on any atom is 0.241 e. The van der Waals surface area contributed by atoms with Crippen molar-refractivity contribution in [3.8, 4) is 0 Å². The zero-order valence-electron chi connectivity index (χ0n) is 18.4. The summed E-state index contributed by atoms with van der Waals surface area (Å²) < 4.78 is 0. The van der Waals surface area contributed by atoms with Crippen molar-refractivity contribution in [1.29, 1.82) is 0 Å². The number of nitrogens with one attached hydrogen (secondary N) is 1.